The minimum absolute atomic E-state index is 0.853. The van der Waals surface area contributed by atoms with Gasteiger partial charge in [-0.05, 0) is 0 Å². The van der Waals surface area contributed by atoms with Crippen LogP contribution in [0.25, 0.3) is 0 Å². The summed E-state index contributed by atoms with van der Waals surface area (Å²) in [6, 6.07) is 0. The van der Waals surface area contributed by atoms with Gasteiger partial charge in [0.05, 0.1) is 18.0 Å². The van der Waals surface area contributed by atoms with Gasteiger partial charge in [-0.25, -0.2) is 8.39 Å². The smallest absolute Gasteiger partial charge is 0.397 e. The summed E-state index contributed by atoms with van der Waals surface area (Å²) in [7, 11) is -4.80. The van der Waals surface area contributed by atoms with E-state index in [1.54, 1.807) is 0 Å². The van der Waals surface area contributed by atoms with Gasteiger partial charge in [-0.1, -0.05) is 46.4 Å². The standard InChI is InChI=1S/C4H6Cl4O7S2/c5-3(6,1-14-16(9)10)4(7,8)2-15-17(11,12)13/h1-2H2,(H,9,10)(H,11,12,13)/p-1. The quantitative estimate of drug-likeness (QED) is 0.403. The van der Waals surface area contributed by atoms with E-state index in [2.05, 4.69) is 8.37 Å². The van der Waals surface area contributed by atoms with Crippen molar-refractivity contribution in [2.75, 3.05) is 13.2 Å². The van der Waals surface area contributed by atoms with Gasteiger partial charge in [-0.15, -0.1) is 0 Å². The van der Waals surface area contributed by atoms with Crippen LogP contribution in [0.1, 0.15) is 0 Å². The number of rotatable bonds is 7. The van der Waals surface area contributed by atoms with Crippen LogP contribution in [0.2, 0.25) is 0 Å². The predicted octanol–water partition coefficient (Wildman–Crippen LogP) is 0.964. The average molecular weight is 371 g/mol. The predicted molar refractivity (Wildman–Crippen MR) is 61.2 cm³/mol. The van der Waals surface area contributed by atoms with Crippen LogP contribution in [0, 0.1) is 0 Å². The van der Waals surface area contributed by atoms with E-state index in [4.69, 9.17) is 51.0 Å². The van der Waals surface area contributed by atoms with E-state index in [0.717, 1.165) is 0 Å². The first-order chi connectivity index (χ1) is 7.37. The Kier molecular flexibility index (Phi) is 6.93. The highest BCUT2D eigenvalue weighted by atomic mass is 35.5. The third kappa shape index (κ3) is 7.31. The molecule has 7 nitrogen and oxygen atoms in total. The van der Waals surface area contributed by atoms with E-state index in [9.17, 15) is 17.2 Å². The van der Waals surface area contributed by atoms with Gasteiger partial charge in [0.1, 0.15) is 6.61 Å². The lowest BCUT2D eigenvalue weighted by Gasteiger charge is -2.31. The van der Waals surface area contributed by atoms with Gasteiger partial charge in [-0.3, -0.25) is 8.74 Å². The molecule has 0 radical (unpaired) electrons. The molecule has 1 atom stereocenters. The molecule has 1 unspecified atom stereocenters. The van der Waals surface area contributed by atoms with Crippen molar-refractivity contribution in [1.82, 2.24) is 0 Å². The van der Waals surface area contributed by atoms with Crippen LogP contribution in [-0.4, -0.2) is 43.6 Å². The van der Waals surface area contributed by atoms with E-state index >= 15 is 0 Å². The first-order valence-corrected chi connectivity index (χ1v) is 7.35. The van der Waals surface area contributed by atoms with Crippen LogP contribution >= 0.6 is 46.4 Å². The van der Waals surface area contributed by atoms with Crippen molar-refractivity contribution >= 4 is 68.2 Å². The van der Waals surface area contributed by atoms with Crippen molar-refractivity contribution in [3.8, 4) is 0 Å². The topological polar surface area (TPSA) is 113 Å². The maximum atomic E-state index is 10.3. The molecule has 0 saturated carbocycles. The van der Waals surface area contributed by atoms with Gasteiger partial charge >= 0.3 is 10.4 Å². The second-order valence-corrected chi connectivity index (χ2v) is 7.27. The third-order valence-corrected chi connectivity index (χ3v) is 4.10. The van der Waals surface area contributed by atoms with E-state index < -0.39 is 43.6 Å². The molecule has 13 heteroatoms. The summed E-state index contributed by atoms with van der Waals surface area (Å²) in [5, 5.41) is 0. The van der Waals surface area contributed by atoms with Crippen molar-refractivity contribution in [3.63, 3.8) is 0 Å². The van der Waals surface area contributed by atoms with Crippen molar-refractivity contribution in [2.24, 2.45) is 0 Å². The number of hydrogen-bond acceptors (Lipinski definition) is 6. The van der Waals surface area contributed by atoms with Gasteiger partial charge in [0.25, 0.3) is 0 Å². The van der Waals surface area contributed by atoms with Crippen LogP contribution < -0.4 is 0 Å². The second-order valence-electron chi connectivity index (χ2n) is 2.57. The first kappa shape index (κ1) is 18.1. The highest BCUT2D eigenvalue weighted by molar-refractivity contribution is 7.80. The summed E-state index contributed by atoms with van der Waals surface area (Å²) in [6.45, 7) is -1.87. The number of halogens is 4. The molecule has 1 N–H and O–H groups in total. The van der Waals surface area contributed by atoms with E-state index in [1.807, 2.05) is 0 Å². The Balaban J connectivity index is 4.60. The van der Waals surface area contributed by atoms with Gasteiger partial charge in [0, 0.05) is 0 Å². The molecule has 0 fully saturated rings. The zero-order chi connectivity index (χ0) is 13.9. The van der Waals surface area contributed by atoms with E-state index in [-0.39, 0.29) is 0 Å². The fourth-order valence-corrected chi connectivity index (χ4v) is 1.78. The Morgan fingerprint density at radius 3 is 1.94 bits per heavy atom. The summed E-state index contributed by atoms with van der Waals surface area (Å²) in [6.07, 6.45) is 0. The van der Waals surface area contributed by atoms with Crippen LogP contribution in [-0.2, 0) is 30.1 Å². The molecule has 0 rings (SSSR count). The maximum absolute atomic E-state index is 10.3. The summed E-state index contributed by atoms with van der Waals surface area (Å²) in [5.74, 6) is 0. The molecular weight excluding hydrogens is 366 g/mol. The van der Waals surface area contributed by atoms with Crippen LogP contribution in [0.4, 0.5) is 0 Å². The molecule has 104 valence electrons. The summed E-state index contributed by atoms with van der Waals surface area (Å²) in [4.78, 5) is 0. The lowest BCUT2D eigenvalue weighted by Crippen LogP contribution is -2.44. The second kappa shape index (κ2) is 6.51. The van der Waals surface area contributed by atoms with Crippen molar-refractivity contribution in [3.05, 3.63) is 0 Å². The maximum Gasteiger partial charge on any atom is 0.397 e. The van der Waals surface area contributed by atoms with Crippen LogP contribution in [0.3, 0.4) is 0 Å². The molecule has 0 aromatic rings. The van der Waals surface area contributed by atoms with Crippen molar-refractivity contribution < 1.29 is 30.1 Å². The van der Waals surface area contributed by atoms with Crippen LogP contribution in [0.15, 0.2) is 0 Å². The summed E-state index contributed by atoms with van der Waals surface area (Å²) < 4.78 is 52.5. The monoisotopic (exact) mass is 369 g/mol. The Labute approximate surface area is 120 Å². The molecule has 0 amide bonds. The Bertz CT molecular complexity index is 379. The lowest BCUT2D eigenvalue weighted by atomic mass is 10.3. The van der Waals surface area contributed by atoms with E-state index in [0.29, 0.717) is 0 Å². The van der Waals surface area contributed by atoms with Gasteiger partial charge in [-0.2, -0.15) is 8.42 Å². The number of alkyl halides is 4. The van der Waals surface area contributed by atoms with Gasteiger partial charge < -0.3 is 4.55 Å². The van der Waals surface area contributed by atoms with Crippen molar-refractivity contribution in [2.45, 2.75) is 8.67 Å². The Morgan fingerprint density at radius 1 is 1.18 bits per heavy atom. The fraction of sp³-hybridized carbons (Fsp3) is 1.00. The number of hydrogen-bond donors (Lipinski definition) is 1. The first-order valence-electron chi connectivity index (χ1n) is 3.47. The molecule has 0 aliphatic carbocycles. The molecule has 0 saturated heterocycles. The minimum Gasteiger partial charge on any atom is -0.750 e. The SMILES string of the molecule is O=S([O-])OCC(Cl)(Cl)C(Cl)(Cl)COS(=O)(=O)O. The van der Waals surface area contributed by atoms with Gasteiger partial charge in [0.15, 0.2) is 8.67 Å². The molecule has 0 bridgehead atoms. The minimum atomic E-state index is -4.80. The summed E-state index contributed by atoms with van der Waals surface area (Å²) in [5.41, 5.74) is 0. The normalized spacial score (nSPS) is 15.9. The summed E-state index contributed by atoms with van der Waals surface area (Å²) >= 11 is 19.3. The Hall–Kier alpha value is 1.10. The average Bonchev–Trinajstić information content (AvgIpc) is 2.10. The van der Waals surface area contributed by atoms with Crippen molar-refractivity contribution in [1.29, 1.82) is 0 Å². The molecule has 0 heterocycles. The zero-order valence-corrected chi connectivity index (χ0v) is 12.3. The zero-order valence-electron chi connectivity index (χ0n) is 7.64. The third-order valence-electron chi connectivity index (χ3n) is 1.26. The van der Waals surface area contributed by atoms with Crippen LogP contribution in [0.5, 0.6) is 0 Å². The highest BCUT2D eigenvalue weighted by Gasteiger charge is 2.49. The highest BCUT2D eigenvalue weighted by Crippen LogP contribution is 2.43. The lowest BCUT2D eigenvalue weighted by molar-refractivity contribution is 0.228. The molecule has 0 aliphatic heterocycles. The van der Waals surface area contributed by atoms with Gasteiger partial charge in [0.2, 0.25) is 0 Å². The molecule has 0 aromatic heterocycles. The molecule has 0 aromatic carbocycles. The molecular formula is C4H5Cl4O7S2-. The molecule has 0 aliphatic rings. The Morgan fingerprint density at radius 2 is 1.59 bits per heavy atom. The molecule has 0 spiro atoms. The fourth-order valence-electron chi connectivity index (χ4n) is 0.482. The van der Waals surface area contributed by atoms with E-state index in [1.165, 1.54) is 0 Å². The molecule has 17 heavy (non-hydrogen) atoms. The largest absolute Gasteiger partial charge is 0.750 e.